The molecule has 0 spiro atoms. The number of likely N-dealkylation sites (N-methyl/N-ethyl adjacent to an activating group) is 1. The van der Waals surface area contributed by atoms with Crippen molar-refractivity contribution in [3.8, 4) is 0 Å². The zero-order chi connectivity index (χ0) is 28.4. The Morgan fingerprint density at radius 3 is 1.92 bits per heavy atom. The van der Waals surface area contributed by atoms with E-state index in [9.17, 15) is 26.4 Å². The number of hydrogen-bond acceptors (Lipinski definition) is 6. The number of benzene rings is 1. The number of carboxylic acids is 1. The highest BCUT2D eigenvalue weighted by atomic mass is 32.2. The zero-order valence-corrected chi connectivity index (χ0v) is 23.0. The molecule has 1 amide bonds. The number of carboxylic acid groups (broad SMARTS) is 1. The maximum Gasteiger partial charge on any atom is 0.490 e. The fraction of sp³-hybridized carbons (Fsp3) is 0.667. The number of nitrogens with zero attached hydrogens (tertiary/aromatic N) is 3. The summed E-state index contributed by atoms with van der Waals surface area (Å²) in [6, 6.07) is 3.82. The minimum absolute atomic E-state index is 0.0249. The van der Waals surface area contributed by atoms with Gasteiger partial charge >= 0.3 is 12.1 Å². The summed E-state index contributed by atoms with van der Waals surface area (Å²) in [5.74, 6) is -2.73. The molecule has 1 aliphatic heterocycles. The van der Waals surface area contributed by atoms with E-state index in [2.05, 4.69) is 24.1 Å². The van der Waals surface area contributed by atoms with Crippen molar-refractivity contribution in [2.45, 2.75) is 52.1 Å². The molecule has 1 aromatic rings. The molecule has 37 heavy (non-hydrogen) atoms. The Balaban J connectivity index is 0.000000856. The second-order valence-electron chi connectivity index (χ2n) is 8.84. The largest absolute Gasteiger partial charge is 0.490 e. The number of carbonyl (C=O) groups excluding carboxylic acids is 1. The Bertz CT molecular complexity index is 985. The van der Waals surface area contributed by atoms with Crippen LogP contribution in [0.3, 0.4) is 0 Å². The number of nitrogens with one attached hydrogen (secondary N) is 1. The number of piperazine rings is 1. The molecule has 2 rings (SSSR count). The molecule has 0 bridgehead atoms. The van der Waals surface area contributed by atoms with Crippen LogP contribution in [0.15, 0.2) is 17.0 Å². The van der Waals surface area contributed by atoms with Gasteiger partial charge in [0.1, 0.15) is 0 Å². The van der Waals surface area contributed by atoms with Gasteiger partial charge in [0.15, 0.2) is 0 Å². The van der Waals surface area contributed by atoms with Crippen LogP contribution in [0.5, 0.6) is 0 Å². The molecule has 0 unspecified atom stereocenters. The standard InChI is InChI=1S/C22H38N4O3S.C2HF3O2/c1-6-24(7-2)14-15-26(11-8-21(27)25-12-9-23-10-13-25)30(28,29)22-19(4)16-18(3)17-20(22)5;3-2(4,5)1(6)7/h16-17,23H,6-15H2,1-5H3;(H,6,7). The van der Waals surface area contributed by atoms with Gasteiger partial charge in [-0.1, -0.05) is 31.5 Å². The molecule has 0 aromatic heterocycles. The van der Waals surface area contributed by atoms with Crippen LogP contribution in [0.25, 0.3) is 0 Å². The topological polar surface area (TPSA) is 110 Å². The fourth-order valence-electron chi connectivity index (χ4n) is 4.14. The summed E-state index contributed by atoms with van der Waals surface area (Å²) in [4.78, 5) is 26.0. The van der Waals surface area contributed by atoms with Gasteiger partial charge in [-0.2, -0.15) is 17.5 Å². The first kappa shape index (κ1) is 32.8. The number of amides is 1. The number of rotatable bonds is 10. The molecule has 1 fully saturated rings. The smallest absolute Gasteiger partial charge is 0.475 e. The number of aliphatic carboxylic acids is 1. The van der Waals surface area contributed by atoms with Crippen molar-refractivity contribution < 1.29 is 36.3 Å². The molecular weight excluding hydrogens is 513 g/mol. The minimum atomic E-state index is -5.08. The molecule has 0 aliphatic carbocycles. The van der Waals surface area contributed by atoms with Crippen molar-refractivity contribution in [3.63, 3.8) is 0 Å². The predicted molar refractivity (Wildman–Crippen MR) is 135 cm³/mol. The van der Waals surface area contributed by atoms with Gasteiger partial charge in [0.05, 0.1) is 4.90 Å². The lowest BCUT2D eigenvalue weighted by molar-refractivity contribution is -0.192. The highest BCUT2D eigenvalue weighted by molar-refractivity contribution is 7.89. The van der Waals surface area contributed by atoms with E-state index in [1.165, 1.54) is 4.31 Å². The van der Waals surface area contributed by atoms with Crippen molar-refractivity contribution >= 4 is 21.9 Å². The van der Waals surface area contributed by atoms with E-state index in [1.54, 1.807) is 0 Å². The summed E-state index contributed by atoms with van der Waals surface area (Å²) < 4.78 is 60.5. The maximum atomic E-state index is 13.6. The van der Waals surface area contributed by atoms with Crippen molar-refractivity contribution in [2.75, 3.05) is 58.9 Å². The number of carbonyl (C=O) groups is 2. The van der Waals surface area contributed by atoms with Gasteiger partial charge in [0.2, 0.25) is 15.9 Å². The van der Waals surface area contributed by atoms with Crippen LogP contribution >= 0.6 is 0 Å². The Morgan fingerprint density at radius 1 is 1.00 bits per heavy atom. The molecule has 1 aliphatic rings. The monoisotopic (exact) mass is 552 g/mol. The Labute approximate surface area is 217 Å². The van der Waals surface area contributed by atoms with Gasteiger partial charge in [0, 0.05) is 52.2 Å². The molecule has 13 heteroatoms. The molecule has 9 nitrogen and oxygen atoms in total. The van der Waals surface area contributed by atoms with Crippen LogP contribution in [-0.4, -0.2) is 105 Å². The number of alkyl halides is 3. The van der Waals surface area contributed by atoms with Crippen LogP contribution in [0.2, 0.25) is 0 Å². The normalized spacial score (nSPS) is 14.5. The Morgan fingerprint density at radius 2 is 1.49 bits per heavy atom. The summed E-state index contributed by atoms with van der Waals surface area (Å²) in [6.07, 6.45) is -4.87. The van der Waals surface area contributed by atoms with Crippen LogP contribution in [0, 0.1) is 20.8 Å². The van der Waals surface area contributed by atoms with E-state index in [0.717, 1.165) is 42.9 Å². The van der Waals surface area contributed by atoms with E-state index in [-0.39, 0.29) is 18.9 Å². The van der Waals surface area contributed by atoms with Crippen molar-refractivity contribution in [3.05, 3.63) is 28.8 Å². The SMILES string of the molecule is CCN(CC)CCN(CCC(=O)N1CCNCC1)S(=O)(=O)c1c(C)cc(C)cc1C.O=C(O)C(F)(F)F. The molecule has 2 N–H and O–H groups in total. The summed E-state index contributed by atoms with van der Waals surface area (Å²) in [7, 11) is -3.69. The van der Waals surface area contributed by atoms with E-state index >= 15 is 0 Å². The third kappa shape index (κ3) is 10.2. The second kappa shape index (κ2) is 14.6. The first-order chi connectivity index (χ1) is 17.1. The lowest BCUT2D eigenvalue weighted by Crippen LogP contribution is -2.47. The van der Waals surface area contributed by atoms with Gasteiger partial charge in [-0.15, -0.1) is 0 Å². The predicted octanol–water partition coefficient (Wildman–Crippen LogP) is 2.40. The highest BCUT2D eigenvalue weighted by Crippen LogP contribution is 2.25. The molecule has 212 valence electrons. The first-order valence-electron chi connectivity index (χ1n) is 12.2. The molecule has 1 saturated heterocycles. The molecule has 1 aromatic carbocycles. The average molecular weight is 553 g/mol. The average Bonchev–Trinajstić information content (AvgIpc) is 2.80. The molecule has 0 radical (unpaired) electrons. The first-order valence-corrected chi connectivity index (χ1v) is 13.7. The summed E-state index contributed by atoms with van der Waals surface area (Å²) >= 11 is 0. The number of hydrogen-bond donors (Lipinski definition) is 2. The van der Waals surface area contributed by atoms with Crippen molar-refractivity contribution in [2.24, 2.45) is 0 Å². The zero-order valence-electron chi connectivity index (χ0n) is 22.2. The van der Waals surface area contributed by atoms with Crippen LogP contribution in [0.1, 0.15) is 37.0 Å². The highest BCUT2D eigenvalue weighted by Gasteiger charge is 2.38. The van der Waals surface area contributed by atoms with Gasteiger partial charge in [-0.3, -0.25) is 4.79 Å². The van der Waals surface area contributed by atoms with Crippen LogP contribution < -0.4 is 5.32 Å². The molecular formula is C24H39F3N4O5S. The van der Waals surface area contributed by atoms with Crippen LogP contribution in [0.4, 0.5) is 13.2 Å². The van der Waals surface area contributed by atoms with Gasteiger partial charge in [-0.05, 0) is 45.0 Å². The minimum Gasteiger partial charge on any atom is -0.475 e. The summed E-state index contributed by atoms with van der Waals surface area (Å²) in [5, 5.41) is 10.4. The number of halogens is 3. The second-order valence-corrected chi connectivity index (χ2v) is 10.7. The number of sulfonamides is 1. The molecule has 0 saturated carbocycles. The van der Waals surface area contributed by atoms with E-state index in [0.29, 0.717) is 31.1 Å². The quantitative estimate of drug-likeness (QED) is 0.459. The molecule has 1 heterocycles. The number of aryl methyl sites for hydroxylation is 3. The Hall–Kier alpha value is -2.22. The van der Waals surface area contributed by atoms with Crippen molar-refractivity contribution in [1.29, 1.82) is 0 Å². The lowest BCUT2D eigenvalue weighted by atomic mass is 10.1. The Kier molecular flexibility index (Phi) is 13.0. The fourth-order valence-corrected chi connectivity index (χ4v) is 5.98. The third-order valence-electron chi connectivity index (χ3n) is 6.05. The van der Waals surface area contributed by atoms with Gasteiger partial charge in [-0.25, -0.2) is 13.2 Å². The van der Waals surface area contributed by atoms with Gasteiger partial charge < -0.3 is 20.2 Å². The van der Waals surface area contributed by atoms with Crippen molar-refractivity contribution in [1.82, 2.24) is 19.4 Å². The third-order valence-corrected chi connectivity index (χ3v) is 8.25. The van der Waals surface area contributed by atoms with E-state index in [4.69, 9.17) is 9.90 Å². The lowest BCUT2D eigenvalue weighted by Gasteiger charge is -2.30. The van der Waals surface area contributed by atoms with Crippen LogP contribution in [-0.2, 0) is 19.6 Å². The van der Waals surface area contributed by atoms with E-state index in [1.807, 2.05) is 37.8 Å². The van der Waals surface area contributed by atoms with E-state index < -0.39 is 22.2 Å². The maximum absolute atomic E-state index is 13.6. The summed E-state index contributed by atoms with van der Waals surface area (Å²) in [5.41, 5.74) is 2.56. The summed E-state index contributed by atoms with van der Waals surface area (Å²) in [6.45, 7) is 15.7. The molecule has 0 atom stereocenters. The van der Waals surface area contributed by atoms with Gasteiger partial charge in [0.25, 0.3) is 0 Å².